The molecule has 3 rings (SSSR count). The molecule has 0 saturated heterocycles. The van der Waals surface area contributed by atoms with E-state index in [4.69, 9.17) is 23.2 Å². The summed E-state index contributed by atoms with van der Waals surface area (Å²) in [6.45, 7) is 4.90. The smallest absolute Gasteiger partial charge is 0.234 e. The van der Waals surface area contributed by atoms with Gasteiger partial charge in [-0.1, -0.05) is 64.8 Å². The second-order valence-corrected chi connectivity index (χ2v) is 9.33. The van der Waals surface area contributed by atoms with Crippen LogP contribution in [0.2, 0.25) is 10.0 Å². The van der Waals surface area contributed by atoms with Gasteiger partial charge in [0.2, 0.25) is 5.91 Å². The Hall–Kier alpha value is -1.67. The van der Waals surface area contributed by atoms with E-state index in [9.17, 15) is 4.79 Å². The van der Waals surface area contributed by atoms with E-state index in [2.05, 4.69) is 58.2 Å². The Balaban J connectivity index is 1.52. The number of halogens is 2. The standard InChI is InChI=1S/C21H22Cl2N4OS2/c1-3-27-19(12-29-11-15-6-4-14(2)5-7-15)25-26-21(27)30-13-20(28)24-16-8-9-17(22)18(23)10-16/h4-10H,3,11-13H2,1-2H3,(H,24,28). The first-order valence-electron chi connectivity index (χ1n) is 9.39. The number of amides is 1. The minimum absolute atomic E-state index is 0.140. The molecule has 2 aromatic carbocycles. The van der Waals surface area contributed by atoms with E-state index >= 15 is 0 Å². The summed E-state index contributed by atoms with van der Waals surface area (Å²) in [7, 11) is 0. The highest BCUT2D eigenvalue weighted by molar-refractivity contribution is 7.99. The zero-order valence-corrected chi connectivity index (χ0v) is 19.8. The van der Waals surface area contributed by atoms with Gasteiger partial charge in [-0.2, -0.15) is 0 Å². The number of hydrogen-bond acceptors (Lipinski definition) is 5. The number of carbonyl (C=O) groups is 1. The molecule has 30 heavy (non-hydrogen) atoms. The van der Waals surface area contributed by atoms with Gasteiger partial charge in [0.05, 0.1) is 21.6 Å². The predicted molar refractivity (Wildman–Crippen MR) is 128 cm³/mol. The number of carbonyl (C=O) groups excluding carboxylic acids is 1. The lowest BCUT2D eigenvalue weighted by Crippen LogP contribution is -2.14. The minimum Gasteiger partial charge on any atom is -0.325 e. The van der Waals surface area contributed by atoms with E-state index in [1.54, 1.807) is 30.0 Å². The van der Waals surface area contributed by atoms with Gasteiger partial charge in [-0.05, 0) is 37.6 Å². The molecule has 0 fully saturated rings. The summed E-state index contributed by atoms with van der Waals surface area (Å²) in [5.74, 6) is 2.70. The molecular weight excluding hydrogens is 459 g/mol. The Morgan fingerprint density at radius 1 is 1.07 bits per heavy atom. The Morgan fingerprint density at radius 2 is 1.83 bits per heavy atom. The van der Waals surface area contributed by atoms with Crippen LogP contribution in [0, 0.1) is 6.92 Å². The van der Waals surface area contributed by atoms with Crippen molar-refractivity contribution in [1.29, 1.82) is 0 Å². The molecule has 0 radical (unpaired) electrons. The number of thioether (sulfide) groups is 2. The van der Waals surface area contributed by atoms with Crippen molar-refractivity contribution in [1.82, 2.24) is 14.8 Å². The topological polar surface area (TPSA) is 59.8 Å². The molecule has 1 N–H and O–H groups in total. The first-order chi connectivity index (χ1) is 14.5. The van der Waals surface area contributed by atoms with E-state index in [0.717, 1.165) is 29.0 Å². The fourth-order valence-electron chi connectivity index (χ4n) is 2.70. The Morgan fingerprint density at radius 3 is 2.53 bits per heavy atom. The van der Waals surface area contributed by atoms with Crippen molar-refractivity contribution in [3.8, 4) is 0 Å². The molecule has 0 atom stereocenters. The summed E-state index contributed by atoms with van der Waals surface area (Å²) in [6, 6.07) is 13.6. The highest BCUT2D eigenvalue weighted by Crippen LogP contribution is 2.26. The van der Waals surface area contributed by atoms with Gasteiger partial charge in [-0.15, -0.1) is 22.0 Å². The number of anilines is 1. The zero-order chi connectivity index (χ0) is 21.5. The molecule has 0 aliphatic carbocycles. The molecule has 1 heterocycles. The third kappa shape index (κ3) is 6.41. The lowest BCUT2D eigenvalue weighted by molar-refractivity contribution is -0.113. The van der Waals surface area contributed by atoms with Crippen molar-refractivity contribution in [2.24, 2.45) is 0 Å². The molecule has 0 aliphatic rings. The molecular formula is C21H22Cl2N4OS2. The quantitative estimate of drug-likeness (QED) is 0.376. The summed E-state index contributed by atoms with van der Waals surface area (Å²) in [6.07, 6.45) is 0. The highest BCUT2D eigenvalue weighted by Gasteiger charge is 2.13. The molecule has 5 nitrogen and oxygen atoms in total. The van der Waals surface area contributed by atoms with E-state index in [1.165, 1.54) is 22.9 Å². The Kier molecular flexibility index (Phi) is 8.50. The van der Waals surface area contributed by atoms with Gasteiger partial charge >= 0.3 is 0 Å². The molecule has 0 aliphatic heterocycles. The molecule has 0 spiro atoms. The van der Waals surface area contributed by atoms with E-state index in [-0.39, 0.29) is 11.7 Å². The monoisotopic (exact) mass is 480 g/mol. The Labute approximate surface area is 194 Å². The van der Waals surface area contributed by atoms with Gasteiger partial charge in [0, 0.05) is 18.0 Å². The lowest BCUT2D eigenvalue weighted by Gasteiger charge is -2.08. The van der Waals surface area contributed by atoms with Gasteiger partial charge < -0.3 is 9.88 Å². The van der Waals surface area contributed by atoms with Crippen LogP contribution < -0.4 is 5.32 Å². The van der Waals surface area contributed by atoms with Gasteiger partial charge in [0.1, 0.15) is 5.82 Å². The first-order valence-corrected chi connectivity index (χ1v) is 12.3. The van der Waals surface area contributed by atoms with Crippen LogP contribution >= 0.6 is 46.7 Å². The fraction of sp³-hybridized carbons (Fsp3) is 0.286. The van der Waals surface area contributed by atoms with Crippen LogP contribution in [0.25, 0.3) is 0 Å². The third-order valence-electron chi connectivity index (χ3n) is 4.27. The number of rotatable bonds is 9. The summed E-state index contributed by atoms with van der Waals surface area (Å²) in [5.41, 5.74) is 3.17. The number of aryl methyl sites for hydroxylation is 1. The van der Waals surface area contributed by atoms with E-state index < -0.39 is 0 Å². The van der Waals surface area contributed by atoms with Crippen LogP contribution in [0.15, 0.2) is 47.6 Å². The maximum Gasteiger partial charge on any atom is 0.234 e. The summed E-state index contributed by atoms with van der Waals surface area (Å²) in [5, 5.41) is 13.0. The molecule has 9 heteroatoms. The zero-order valence-electron chi connectivity index (χ0n) is 16.7. The van der Waals surface area contributed by atoms with Crippen LogP contribution in [0.3, 0.4) is 0 Å². The van der Waals surface area contributed by atoms with Crippen LogP contribution in [-0.2, 0) is 22.8 Å². The van der Waals surface area contributed by atoms with Crippen LogP contribution in [0.1, 0.15) is 23.9 Å². The largest absolute Gasteiger partial charge is 0.325 e. The van der Waals surface area contributed by atoms with Crippen LogP contribution in [0.4, 0.5) is 5.69 Å². The second-order valence-electron chi connectivity index (χ2n) is 6.59. The number of nitrogens with zero attached hydrogens (tertiary/aromatic N) is 3. The SMILES string of the molecule is CCn1c(CSCc2ccc(C)cc2)nnc1SCC(=O)Nc1ccc(Cl)c(Cl)c1. The fourth-order valence-corrected chi connectivity index (χ4v) is 4.74. The first kappa shape index (κ1) is 23.0. The van der Waals surface area contributed by atoms with Crippen molar-refractivity contribution in [3.63, 3.8) is 0 Å². The van der Waals surface area contributed by atoms with E-state index in [0.29, 0.717) is 15.7 Å². The highest BCUT2D eigenvalue weighted by atomic mass is 35.5. The molecule has 0 unspecified atom stereocenters. The van der Waals surface area contributed by atoms with Crippen LogP contribution in [0.5, 0.6) is 0 Å². The van der Waals surface area contributed by atoms with Gasteiger partial charge in [0.15, 0.2) is 5.16 Å². The number of nitrogens with one attached hydrogen (secondary N) is 1. The normalized spacial score (nSPS) is 10.9. The minimum atomic E-state index is -0.140. The summed E-state index contributed by atoms with van der Waals surface area (Å²) < 4.78 is 2.05. The van der Waals surface area contributed by atoms with Gasteiger partial charge in [0.25, 0.3) is 0 Å². The van der Waals surface area contributed by atoms with Crippen LogP contribution in [-0.4, -0.2) is 26.4 Å². The Bertz CT molecular complexity index is 1010. The van der Waals surface area contributed by atoms with Crippen molar-refractivity contribution < 1.29 is 4.79 Å². The summed E-state index contributed by atoms with van der Waals surface area (Å²) >= 11 is 15.1. The summed E-state index contributed by atoms with van der Waals surface area (Å²) in [4.78, 5) is 12.3. The maximum absolute atomic E-state index is 12.3. The number of benzene rings is 2. The molecule has 0 bridgehead atoms. The van der Waals surface area contributed by atoms with Crippen molar-refractivity contribution in [2.75, 3.05) is 11.1 Å². The predicted octanol–water partition coefficient (Wildman–Crippen LogP) is 6.08. The maximum atomic E-state index is 12.3. The molecule has 158 valence electrons. The molecule has 3 aromatic rings. The number of hydrogen-bond donors (Lipinski definition) is 1. The van der Waals surface area contributed by atoms with Crippen molar-refractivity contribution in [3.05, 3.63) is 69.5 Å². The van der Waals surface area contributed by atoms with E-state index in [1.807, 2.05) is 0 Å². The molecule has 0 saturated carbocycles. The van der Waals surface area contributed by atoms with Crippen molar-refractivity contribution >= 4 is 58.3 Å². The third-order valence-corrected chi connectivity index (χ3v) is 6.97. The number of aromatic nitrogens is 3. The average molecular weight is 481 g/mol. The molecule has 1 amide bonds. The van der Waals surface area contributed by atoms with Crippen molar-refractivity contribution in [2.45, 2.75) is 37.1 Å². The lowest BCUT2D eigenvalue weighted by atomic mass is 10.2. The second kappa shape index (κ2) is 11.1. The van der Waals surface area contributed by atoms with Gasteiger partial charge in [-0.3, -0.25) is 4.79 Å². The molecule has 1 aromatic heterocycles. The van der Waals surface area contributed by atoms with Gasteiger partial charge in [-0.25, -0.2) is 0 Å². The average Bonchev–Trinajstić information content (AvgIpc) is 3.12.